The zero-order chi connectivity index (χ0) is 21.7. The van der Waals surface area contributed by atoms with Crippen LogP contribution in [0, 0.1) is 6.92 Å². The number of nitrogens with zero attached hydrogens (tertiary/aromatic N) is 2. The summed E-state index contributed by atoms with van der Waals surface area (Å²) in [6, 6.07) is 7.10. The van der Waals surface area contributed by atoms with Gasteiger partial charge < -0.3 is 14.5 Å². The molecule has 0 saturated carbocycles. The number of hydrogen-bond donors (Lipinski definition) is 1. The molecular weight excluding hydrogens is 402 g/mol. The fourth-order valence-electron chi connectivity index (χ4n) is 3.00. The van der Waals surface area contributed by atoms with Crippen molar-refractivity contribution < 1.29 is 14.3 Å². The number of nitrogens with one attached hydrogen (secondary N) is 1. The minimum absolute atomic E-state index is 0.0413. The van der Waals surface area contributed by atoms with Crippen molar-refractivity contribution >= 4 is 28.8 Å². The smallest absolute Gasteiger partial charge is 0.340 e. The number of aryl methyl sites for hydroxylation is 1. The van der Waals surface area contributed by atoms with Gasteiger partial charge in [-0.3, -0.25) is 4.79 Å². The normalized spacial score (nSPS) is 10.6. The second-order valence-electron chi connectivity index (χ2n) is 6.24. The topological polar surface area (TPSA) is 94.2 Å². The van der Waals surface area contributed by atoms with Crippen LogP contribution in [0.2, 0.25) is 0 Å². The first-order chi connectivity index (χ1) is 14.5. The number of methoxy groups -OCH3 is 1. The monoisotopic (exact) mass is 423 g/mol. The van der Waals surface area contributed by atoms with Crippen molar-refractivity contribution in [3.63, 3.8) is 0 Å². The maximum atomic E-state index is 13.0. The third kappa shape index (κ3) is 4.28. The predicted molar refractivity (Wildman–Crippen MR) is 118 cm³/mol. The van der Waals surface area contributed by atoms with Gasteiger partial charge >= 0.3 is 5.97 Å². The van der Waals surface area contributed by atoms with Crippen LogP contribution in [0.5, 0.6) is 5.75 Å². The highest BCUT2D eigenvalue weighted by Gasteiger charge is 2.24. The van der Waals surface area contributed by atoms with E-state index in [2.05, 4.69) is 28.1 Å². The molecule has 0 aliphatic heterocycles. The lowest BCUT2D eigenvalue weighted by atomic mass is 9.96. The maximum Gasteiger partial charge on any atom is 0.340 e. The third-order valence-electron chi connectivity index (χ3n) is 4.25. The summed E-state index contributed by atoms with van der Waals surface area (Å²) < 4.78 is 10.6. The van der Waals surface area contributed by atoms with Gasteiger partial charge in [-0.15, -0.1) is 6.58 Å². The number of carbonyl (C=O) groups excluding carboxylic acids is 1. The molecule has 1 aromatic carbocycles. The molecule has 0 radical (unpaired) electrons. The first kappa shape index (κ1) is 21.3. The van der Waals surface area contributed by atoms with E-state index in [9.17, 15) is 9.59 Å². The van der Waals surface area contributed by atoms with Gasteiger partial charge in [0.2, 0.25) is 0 Å². The lowest BCUT2D eigenvalue weighted by Gasteiger charge is -2.15. The van der Waals surface area contributed by atoms with Gasteiger partial charge in [0.25, 0.3) is 5.56 Å². The van der Waals surface area contributed by atoms with Crippen LogP contribution in [0.4, 0.5) is 0 Å². The van der Waals surface area contributed by atoms with Crippen LogP contribution in [0.15, 0.2) is 59.5 Å². The standard InChI is InChI=1S/C22H21N3O4S/c1-5-10-29-21(27)16-13(3)23-19-18(20(26)25-22(24-19)30-11-6-2)17(16)14-8-7-9-15(12-14)28-4/h5-9,12H,1-2,10-11H2,3-4H3,(H,23,24,25,26). The molecule has 0 aliphatic carbocycles. The number of hydrogen-bond acceptors (Lipinski definition) is 7. The molecule has 0 atom stereocenters. The minimum Gasteiger partial charge on any atom is -0.497 e. The summed E-state index contributed by atoms with van der Waals surface area (Å²) in [6.07, 6.45) is 3.19. The number of aromatic amines is 1. The van der Waals surface area contributed by atoms with Crippen molar-refractivity contribution in [3.8, 4) is 16.9 Å². The lowest BCUT2D eigenvalue weighted by molar-refractivity contribution is 0.0549. The minimum atomic E-state index is -0.593. The van der Waals surface area contributed by atoms with Crippen LogP contribution in [0.25, 0.3) is 22.2 Å². The molecule has 3 rings (SSSR count). The van der Waals surface area contributed by atoms with Crippen molar-refractivity contribution in [2.75, 3.05) is 19.5 Å². The summed E-state index contributed by atoms with van der Waals surface area (Å²) in [4.78, 5) is 37.6. The third-order valence-corrected chi connectivity index (χ3v) is 5.12. The average molecular weight is 423 g/mol. The summed E-state index contributed by atoms with van der Waals surface area (Å²) in [6.45, 7) is 8.97. The number of carbonyl (C=O) groups is 1. The summed E-state index contributed by atoms with van der Waals surface area (Å²) >= 11 is 1.34. The Hall–Kier alpha value is -3.39. The number of thioether (sulfide) groups is 1. The Morgan fingerprint density at radius 2 is 2.07 bits per heavy atom. The quantitative estimate of drug-likeness (QED) is 0.254. The van der Waals surface area contributed by atoms with Crippen LogP contribution in [-0.2, 0) is 4.74 Å². The zero-order valence-electron chi connectivity index (χ0n) is 16.7. The van der Waals surface area contributed by atoms with Gasteiger partial charge in [0, 0.05) is 11.3 Å². The van der Waals surface area contributed by atoms with E-state index in [1.165, 1.54) is 17.8 Å². The number of rotatable bonds is 8. The molecule has 0 amide bonds. The zero-order valence-corrected chi connectivity index (χ0v) is 17.5. The summed E-state index contributed by atoms with van der Waals surface area (Å²) in [5.74, 6) is 0.578. The molecule has 3 aromatic rings. The van der Waals surface area contributed by atoms with Crippen molar-refractivity contribution in [1.29, 1.82) is 0 Å². The van der Waals surface area contributed by atoms with Crippen molar-refractivity contribution in [1.82, 2.24) is 15.0 Å². The lowest BCUT2D eigenvalue weighted by Crippen LogP contribution is -2.17. The Balaban J connectivity index is 2.36. The van der Waals surface area contributed by atoms with E-state index in [0.717, 1.165) is 0 Å². The largest absolute Gasteiger partial charge is 0.497 e. The van der Waals surface area contributed by atoms with E-state index in [-0.39, 0.29) is 23.2 Å². The van der Waals surface area contributed by atoms with Gasteiger partial charge in [-0.25, -0.2) is 14.8 Å². The molecule has 30 heavy (non-hydrogen) atoms. The Morgan fingerprint density at radius 1 is 1.27 bits per heavy atom. The second-order valence-corrected chi connectivity index (χ2v) is 7.24. The molecule has 8 heteroatoms. The fraction of sp³-hybridized carbons (Fsp3) is 0.182. The van der Waals surface area contributed by atoms with E-state index in [0.29, 0.717) is 33.5 Å². The first-order valence-electron chi connectivity index (χ1n) is 9.11. The van der Waals surface area contributed by atoms with Gasteiger partial charge in [0.1, 0.15) is 12.4 Å². The molecule has 0 spiro atoms. The Labute approximate surface area is 177 Å². The number of H-pyrrole nitrogens is 1. The predicted octanol–water partition coefficient (Wildman–Crippen LogP) is 3.92. The number of benzene rings is 1. The molecule has 0 aliphatic rings. The van der Waals surface area contributed by atoms with Crippen LogP contribution < -0.4 is 10.3 Å². The van der Waals surface area contributed by atoms with Crippen LogP contribution in [0.3, 0.4) is 0 Å². The molecule has 0 fully saturated rings. The van der Waals surface area contributed by atoms with E-state index >= 15 is 0 Å². The first-order valence-corrected chi connectivity index (χ1v) is 10.1. The number of aromatic nitrogens is 3. The number of esters is 1. The van der Waals surface area contributed by atoms with Gasteiger partial charge in [0.05, 0.1) is 23.8 Å². The number of ether oxygens (including phenoxy) is 2. The Bertz CT molecular complexity index is 1190. The highest BCUT2D eigenvalue weighted by molar-refractivity contribution is 7.99. The van der Waals surface area contributed by atoms with E-state index in [4.69, 9.17) is 9.47 Å². The highest BCUT2D eigenvalue weighted by atomic mass is 32.2. The Kier molecular flexibility index (Phi) is 6.68. The molecule has 154 valence electrons. The van der Waals surface area contributed by atoms with Crippen molar-refractivity contribution in [3.05, 3.63) is 71.2 Å². The van der Waals surface area contributed by atoms with Gasteiger partial charge in [-0.05, 0) is 24.6 Å². The molecule has 0 bridgehead atoms. The molecule has 2 heterocycles. The molecule has 1 N–H and O–H groups in total. The second kappa shape index (κ2) is 9.41. The summed E-state index contributed by atoms with van der Waals surface area (Å²) in [5, 5.41) is 0.639. The molecule has 7 nitrogen and oxygen atoms in total. The van der Waals surface area contributed by atoms with E-state index in [1.807, 2.05) is 0 Å². The maximum absolute atomic E-state index is 13.0. The number of fused-ring (bicyclic) bond motifs is 1. The van der Waals surface area contributed by atoms with E-state index in [1.54, 1.807) is 44.4 Å². The van der Waals surface area contributed by atoms with Crippen molar-refractivity contribution in [2.24, 2.45) is 0 Å². The van der Waals surface area contributed by atoms with Crippen LogP contribution in [0.1, 0.15) is 16.1 Å². The van der Waals surface area contributed by atoms with Gasteiger partial charge in [0.15, 0.2) is 10.8 Å². The van der Waals surface area contributed by atoms with Gasteiger partial charge in [-0.1, -0.05) is 42.6 Å². The van der Waals surface area contributed by atoms with Crippen molar-refractivity contribution in [2.45, 2.75) is 12.1 Å². The summed E-state index contributed by atoms with van der Waals surface area (Å²) in [7, 11) is 1.55. The molecular formula is C22H21N3O4S. The number of pyridine rings is 1. The molecule has 2 aromatic heterocycles. The highest BCUT2D eigenvalue weighted by Crippen LogP contribution is 2.33. The molecule has 0 saturated heterocycles. The summed E-state index contributed by atoms with van der Waals surface area (Å²) in [5.41, 5.74) is 1.49. The molecule has 0 unspecified atom stereocenters. The fourth-order valence-corrected chi connectivity index (χ4v) is 3.59. The van der Waals surface area contributed by atoms with Gasteiger partial charge in [-0.2, -0.15) is 0 Å². The van der Waals surface area contributed by atoms with E-state index < -0.39 is 11.5 Å². The SMILES string of the molecule is C=CCOC(=O)c1c(C)nc2nc(SCC=C)[nH]c(=O)c2c1-c1cccc(OC)c1. The Morgan fingerprint density at radius 3 is 2.77 bits per heavy atom. The average Bonchev–Trinajstić information content (AvgIpc) is 2.75. The van der Waals surface area contributed by atoms with Crippen LogP contribution in [-0.4, -0.2) is 40.4 Å². The van der Waals surface area contributed by atoms with Crippen LogP contribution >= 0.6 is 11.8 Å².